The Morgan fingerprint density at radius 1 is 1.46 bits per heavy atom. The molecule has 0 saturated carbocycles. The fraction of sp³-hybridized carbons (Fsp3) is 0.875. The molecule has 0 aromatic heterocycles. The van der Waals surface area contributed by atoms with E-state index in [1.54, 1.807) is 4.90 Å². The maximum absolute atomic E-state index is 5.37. The molecule has 1 fully saturated rings. The van der Waals surface area contributed by atoms with Crippen LogP contribution in [0.15, 0.2) is 0 Å². The van der Waals surface area contributed by atoms with E-state index in [1.807, 2.05) is 14.1 Å². The first-order chi connectivity index (χ1) is 6.20. The fourth-order valence-corrected chi connectivity index (χ4v) is 1.06. The van der Waals surface area contributed by atoms with Gasteiger partial charge in [0, 0.05) is 27.2 Å². The Kier molecular flexibility index (Phi) is 4.41. The molecule has 4 nitrogen and oxygen atoms in total. The predicted molar refractivity (Wildman–Crippen MR) is 54.6 cm³/mol. The molecule has 1 aliphatic heterocycles. The zero-order valence-corrected chi connectivity index (χ0v) is 8.97. The summed E-state index contributed by atoms with van der Waals surface area (Å²) in [6.45, 7) is 4.00. The van der Waals surface area contributed by atoms with Crippen molar-refractivity contribution in [1.82, 2.24) is 9.80 Å². The normalized spacial score (nSPS) is 18.3. The van der Waals surface area contributed by atoms with Crippen LogP contribution in [0.3, 0.4) is 0 Å². The summed E-state index contributed by atoms with van der Waals surface area (Å²) in [6.07, 6.45) is 0. The summed E-state index contributed by atoms with van der Waals surface area (Å²) in [5.41, 5.74) is 0. The standard InChI is InChI=1S/C8H16N2O2S/c1-9(2)8(13)12-7-10-3-5-11-6-4-10/h3-7H2,1-2H3. The molecular weight excluding hydrogens is 188 g/mol. The molecule has 0 aliphatic carbocycles. The van der Waals surface area contributed by atoms with Crippen LogP contribution in [0.2, 0.25) is 0 Å². The van der Waals surface area contributed by atoms with Gasteiger partial charge >= 0.3 is 0 Å². The molecule has 1 rings (SSSR count). The second-order valence-corrected chi connectivity index (χ2v) is 3.51. The summed E-state index contributed by atoms with van der Waals surface area (Å²) >= 11 is 4.99. The van der Waals surface area contributed by atoms with Gasteiger partial charge in [-0.25, -0.2) is 0 Å². The minimum Gasteiger partial charge on any atom is -0.455 e. The highest BCUT2D eigenvalue weighted by Crippen LogP contribution is 1.97. The topological polar surface area (TPSA) is 24.9 Å². The van der Waals surface area contributed by atoms with E-state index in [-0.39, 0.29) is 0 Å². The van der Waals surface area contributed by atoms with Gasteiger partial charge in [0.05, 0.1) is 13.2 Å². The minimum atomic E-state index is 0.534. The Labute approximate surface area is 84.4 Å². The molecule has 1 heterocycles. The van der Waals surface area contributed by atoms with E-state index in [0.717, 1.165) is 26.3 Å². The molecule has 0 aromatic rings. The van der Waals surface area contributed by atoms with Gasteiger partial charge in [-0.1, -0.05) is 0 Å². The molecule has 0 atom stereocenters. The molecular formula is C8H16N2O2S. The van der Waals surface area contributed by atoms with Gasteiger partial charge in [0.1, 0.15) is 6.73 Å². The lowest BCUT2D eigenvalue weighted by Gasteiger charge is -2.27. The van der Waals surface area contributed by atoms with Crippen molar-refractivity contribution in [3.05, 3.63) is 0 Å². The number of ether oxygens (including phenoxy) is 2. The van der Waals surface area contributed by atoms with Crippen molar-refractivity contribution in [2.45, 2.75) is 0 Å². The SMILES string of the molecule is CN(C)C(=S)OCN1CCOCC1. The third-order valence-corrected chi connectivity index (χ3v) is 2.32. The Morgan fingerprint density at radius 3 is 2.62 bits per heavy atom. The predicted octanol–water partition coefficient (Wildman–Crippen LogP) is 0.139. The first-order valence-electron chi connectivity index (χ1n) is 4.34. The summed E-state index contributed by atoms with van der Waals surface area (Å²) in [4.78, 5) is 3.97. The van der Waals surface area contributed by atoms with E-state index >= 15 is 0 Å². The molecule has 0 amide bonds. The van der Waals surface area contributed by atoms with E-state index < -0.39 is 0 Å². The molecule has 0 radical (unpaired) electrons. The fourth-order valence-electron chi connectivity index (χ4n) is 1.01. The second kappa shape index (κ2) is 5.36. The Bertz CT molecular complexity index is 170. The van der Waals surface area contributed by atoms with Crippen LogP contribution in [-0.4, -0.2) is 62.1 Å². The molecule has 1 saturated heterocycles. The van der Waals surface area contributed by atoms with Crippen LogP contribution >= 0.6 is 12.2 Å². The molecule has 5 heteroatoms. The number of hydrogen-bond donors (Lipinski definition) is 0. The van der Waals surface area contributed by atoms with Crippen LogP contribution in [0.5, 0.6) is 0 Å². The van der Waals surface area contributed by atoms with E-state index in [4.69, 9.17) is 21.7 Å². The van der Waals surface area contributed by atoms with Crippen molar-refractivity contribution < 1.29 is 9.47 Å². The summed E-state index contributed by atoms with van der Waals surface area (Å²) in [7, 11) is 3.75. The first-order valence-corrected chi connectivity index (χ1v) is 4.75. The Hall–Kier alpha value is -0.390. The second-order valence-electron chi connectivity index (χ2n) is 3.16. The highest BCUT2D eigenvalue weighted by Gasteiger charge is 2.11. The van der Waals surface area contributed by atoms with Crippen molar-refractivity contribution >= 4 is 17.4 Å². The number of nitrogens with zero attached hydrogens (tertiary/aromatic N) is 2. The molecule has 13 heavy (non-hydrogen) atoms. The number of hydrogen-bond acceptors (Lipinski definition) is 4. The lowest BCUT2D eigenvalue weighted by Crippen LogP contribution is -2.39. The van der Waals surface area contributed by atoms with E-state index in [2.05, 4.69) is 4.90 Å². The number of rotatable bonds is 2. The van der Waals surface area contributed by atoms with Gasteiger partial charge < -0.3 is 14.4 Å². The third kappa shape index (κ3) is 3.89. The van der Waals surface area contributed by atoms with Gasteiger partial charge in [0.25, 0.3) is 5.17 Å². The molecule has 1 aliphatic rings. The van der Waals surface area contributed by atoms with Crippen molar-refractivity contribution in [3.63, 3.8) is 0 Å². The zero-order chi connectivity index (χ0) is 9.68. The monoisotopic (exact) mass is 204 g/mol. The van der Waals surface area contributed by atoms with Crippen LogP contribution in [0, 0.1) is 0 Å². The lowest BCUT2D eigenvalue weighted by atomic mass is 10.5. The maximum Gasteiger partial charge on any atom is 0.260 e. The van der Waals surface area contributed by atoms with Gasteiger partial charge in [-0.05, 0) is 12.2 Å². The summed E-state index contributed by atoms with van der Waals surface area (Å²) in [5.74, 6) is 0. The van der Waals surface area contributed by atoms with Crippen LogP contribution in [0.25, 0.3) is 0 Å². The van der Waals surface area contributed by atoms with Crippen LogP contribution in [-0.2, 0) is 9.47 Å². The van der Waals surface area contributed by atoms with Gasteiger partial charge in [-0.2, -0.15) is 0 Å². The average Bonchev–Trinajstić information content (AvgIpc) is 2.15. The Morgan fingerprint density at radius 2 is 2.08 bits per heavy atom. The van der Waals surface area contributed by atoms with E-state index in [0.29, 0.717) is 11.9 Å². The van der Waals surface area contributed by atoms with Gasteiger partial charge in [0.2, 0.25) is 0 Å². The summed E-state index contributed by atoms with van der Waals surface area (Å²) in [5, 5.41) is 0.534. The zero-order valence-electron chi connectivity index (χ0n) is 8.15. The van der Waals surface area contributed by atoms with E-state index in [1.165, 1.54) is 0 Å². The van der Waals surface area contributed by atoms with Crippen LogP contribution < -0.4 is 0 Å². The molecule has 0 N–H and O–H groups in total. The molecule has 0 aromatic carbocycles. The van der Waals surface area contributed by atoms with Crippen LogP contribution in [0.1, 0.15) is 0 Å². The van der Waals surface area contributed by atoms with Gasteiger partial charge in [-0.3, -0.25) is 4.90 Å². The third-order valence-electron chi connectivity index (χ3n) is 1.84. The average molecular weight is 204 g/mol. The van der Waals surface area contributed by atoms with Crippen molar-refractivity contribution in [1.29, 1.82) is 0 Å². The quantitative estimate of drug-likeness (QED) is 0.596. The van der Waals surface area contributed by atoms with Gasteiger partial charge in [-0.15, -0.1) is 0 Å². The van der Waals surface area contributed by atoms with E-state index in [9.17, 15) is 0 Å². The van der Waals surface area contributed by atoms with Crippen molar-refractivity contribution in [3.8, 4) is 0 Å². The molecule has 0 unspecified atom stereocenters. The minimum absolute atomic E-state index is 0.534. The Balaban J connectivity index is 2.13. The summed E-state index contributed by atoms with van der Waals surface area (Å²) in [6, 6.07) is 0. The van der Waals surface area contributed by atoms with Crippen molar-refractivity contribution in [2.24, 2.45) is 0 Å². The smallest absolute Gasteiger partial charge is 0.260 e. The lowest BCUT2D eigenvalue weighted by molar-refractivity contribution is -0.00137. The molecule has 76 valence electrons. The maximum atomic E-state index is 5.37. The molecule has 0 spiro atoms. The van der Waals surface area contributed by atoms with Crippen molar-refractivity contribution in [2.75, 3.05) is 47.1 Å². The number of morpholine rings is 1. The highest BCUT2D eigenvalue weighted by atomic mass is 32.1. The summed E-state index contributed by atoms with van der Waals surface area (Å²) < 4.78 is 10.6. The first kappa shape index (κ1) is 10.7. The highest BCUT2D eigenvalue weighted by molar-refractivity contribution is 7.80. The van der Waals surface area contributed by atoms with Crippen LogP contribution in [0.4, 0.5) is 0 Å². The largest absolute Gasteiger partial charge is 0.455 e. The van der Waals surface area contributed by atoms with Gasteiger partial charge in [0.15, 0.2) is 0 Å². The number of thiocarbonyl (C=S) groups is 1. The molecule has 0 bridgehead atoms.